The van der Waals surface area contributed by atoms with Crippen LogP contribution in [0.2, 0.25) is 10.0 Å². The van der Waals surface area contributed by atoms with Crippen LogP contribution in [0, 0.1) is 0 Å². The van der Waals surface area contributed by atoms with Crippen molar-refractivity contribution in [3.63, 3.8) is 0 Å². The van der Waals surface area contributed by atoms with Gasteiger partial charge < -0.3 is 24.4 Å². The van der Waals surface area contributed by atoms with E-state index in [0.29, 0.717) is 22.8 Å². The second-order valence-corrected chi connectivity index (χ2v) is 12.7. The summed E-state index contributed by atoms with van der Waals surface area (Å²) in [6, 6.07) is 14.3. The molecule has 238 valence electrons. The number of halogens is 2. The van der Waals surface area contributed by atoms with Gasteiger partial charge in [-0.2, -0.15) is 0 Å². The van der Waals surface area contributed by atoms with Gasteiger partial charge >= 0.3 is 0 Å². The lowest BCUT2D eigenvalue weighted by Crippen LogP contribution is -2.52. The molecule has 0 heterocycles. The van der Waals surface area contributed by atoms with Crippen LogP contribution in [0.4, 0.5) is 5.69 Å². The van der Waals surface area contributed by atoms with Crippen molar-refractivity contribution in [1.29, 1.82) is 0 Å². The third-order valence-electron chi connectivity index (χ3n) is 7.04. The van der Waals surface area contributed by atoms with E-state index in [4.69, 9.17) is 37.4 Å². The van der Waals surface area contributed by atoms with Gasteiger partial charge in [0.05, 0.1) is 31.9 Å². The number of carbonyl (C=O) groups excluding carboxylic acids is 2. The Morgan fingerprint density at radius 3 is 2.11 bits per heavy atom. The van der Waals surface area contributed by atoms with E-state index >= 15 is 0 Å². The first kappa shape index (κ1) is 34.8. The Kier molecular flexibility index (Phi) is 12.2. The standard InChI is InChI=1S/C31H37Cl2N3O7S/c1-7-20(2)34-31(38)21(3)35(18-22-9-8-10-23(32)15-22)30(37)19-36(26-16-24(33)11-13-27(26)41-4)44(39,40)25-12-14-28(42-5)29(17-25)43-6/h8-17,20-21H,7,18-19H2,1-6H3,(H,34,38)/t20-,21-/m1/s1. The molecule has 3 rings (SSSR count). The smallest absolute Gasteiger partial charge is 0.265 e. The second kappa shape index (κ2) is 15.4. The highest BCUT2D eigenvalue weighted by Gasteiger charge is 2.34. The Hall–Kier alpha value is -3.67. The minimum absolute atomic E-state index is 0.00852. The molecule has 3 aromatic rings. The number of methoxy groups -OCH3 is 3. The minimum Gasteiger partial charge on any atom is -0.495 e. The van der Waals surface area contributed by atoms with Gasteiger partial charge in [-0.3, -0.25) is 13.9 Å². The second-order valence-electron chi connectivity index (χ2n) is 9.99. The summed E-state index contributed by atoms with van der Waals surface area (Å²) in [6.45, 7) is 4.68. The van der Waals surface area contributed by atoms with Crippen LogP contribution in [-0.4, -0.2) is 65.1 Å². The monoisotopic (exact) mass is 665 g/mol. The fraction of sp³-hybridized carbons (Fsp3) is 0.355. The Bertz CT molecular complexity index is 1590. The molecular formula is C31H37Cl2N3O7S. The zero-order valence-electron chi connectivity index (χ0n) is 25.5. The maximum Gasteiger partial charge on any atom is 0.265 e. The number of nitrogens with one attached hydrogen (secondary N) is 1. The highest BCUT2D eigenvalue weighted by Crippen LogP contribution is 2.37. The normalized spacial score (nSPS) is 12.5. The first-order valence-electron chi connectivity index (χ1n) is 13.8. The quantitative estimate of drug-likeness (QED) is 0.240. The Morgan fingerprint density at radius 2 is 1.50 bits per heavy atom. The molecule has 0 aliphatic carbocycles. The van der Waals surface area contributed by atoms with Gasteiger partial charge in [0.25, 0.3) is 10.0 Å². The molecule has 3 aromatic carbocycles. The maximum absolute atomic E-state index is 14.3. The van der Waals surface area contributed by atoms with Gasteiger partial charge in [0.1, 0.15) is 18.3 Å². The highest BCUT2D eigenvalue weighted by molar-refractivity contribution is 7.92. The first-order valence-corrected chi connectivity index (χ1v) is 16.0. The van der Waals surface area contributed by atoms with E-state index in [1.807, 2.05) is 13.8 Å². The van der Waals surface area contributed by atoms with Crippen LogP contribution in [0.3, 0.4) is 0 Å². The zero-order valence-corrected chi connectivity index (χ0v) is 27.8. The SMILES string of the molecule is CC[C@@H](C)NC(=O)[C@@H](C)N(Cc1cccc(Cl)c1)C(=O)CN(c1cc(Cl)ccc1OC)S(=O)(=O)c1ccc(OC)c(OC)c1. The lowest BCUT2D eigenvalue weighted by Gasteiger charge is -2.33. The van der Waals surface area contributed by atoms with E-state index in [1.165, 1.54) is 56.6 Å². The first-order chi connectivity index (χ1) is 20.9. The number of hydrogen-bond donors (Lipinski definition) is 1. The number of carbonyl (C=O) groups is 2. The molecule has 44 heavy (non-hydrogen) atoms. The third-order valence-corrected chi connectivity index (χ3v) is 9.27. The summed E-state index contributed by atoms with van der Waals surface area (Å²) in [6.07, 6.45) is 0.687. The fourth-order valence-corrected chi connectivity index (χ4v) is 6.17. The number of rotatable bonds is 14. The van der Waals surface area contributed by atoms with Crippen molar-refractivity contribution in [2.45, 2.75) is 50.7 Å². The number of nitrogens with zero attached hydrogens (tertiary/aromatic N) is 2. The molecule has 0 fully saturated rings. The Labute approximate surface area is 268 Å². The van der Waals surface area contributed by atoms with Crippen molar-refractivity contribution in [3.05, 3.63) is 76.3 Å². The van der Waals surface area contributed by atoms with Crippen LogP contribution < -0.4 is 23.8 Å². The minimum atomic E-state index is -4.45. The van der Waals surface area contributed by atoms with Gasteiger partial charge in [0.2, 0.25) is 11.8 Å². The van der Waals surface area contributed by atoms with Crippen LogP contribution in [0.25, 0.3) is 0 Å². The molecule has 2 amide bonds. The molecule has 0 spiro atoms. The molecule has 0 radical (unpaired) electrons. The maximum atomic E-state index is 14.3. The van der Waals surface area contributed by atoms with Crippen LogP contribution in [0.1, 0.15) is 32.8 Å². The molecule has 2 atom stereocenters. The molecule has 0 bridgehead atoms. The van der Waals surface area contributed by atoms with Gasteiger partial charge in [0, 0.05) is 28.7 Å². The summed E-state index contributed by atoms with van der Waals surface area (Å²) in [4.78, 5) is 28.6. The molecule has 0 saturated heterocycles. The molecule has 0 aliphatic heterocycles. The molecule has 0 saturated carbocycles. The van der Waals surface area contributed by atoms with Crippen molar-refractivity contribution in [2.24, 2.45) is 0 Å². The number of hydrogen-bond acceptors (Lipinski definition) is 7. The van der Waals surface area contributed by atoms with Crippen molar-refractivity contribution in [1.82, 2.24) is 10.2 Å². The predicted molar refractivity (Wildman–Crippen MR) is 171 cm³/mol. The van der Waals surface area contributed by atoms with Gasteiger partial charge in [-0.15, -0.1) is 0 Å². The van der Waals surface area contributed by atoms with E-state index in [-0.39, 0.29) is 45.6 Å². The van der Waals surface area contributed by atoms with E-state index in [1.54, 1.807) is 37.3 Å². The van der Waals surface area contributed by atoms with E-state index in [9.17, 15) is 18.0 Å². The molecule has 1 N–H and O–H groups in total. The number of ether oxygens (including phenoxy) is 3. The number of amides is 2. The van der Waals surface area contributed by atoms with Crippen LogP contribution >= 0.6 is 23.2 Å². The van der Waals surface area contributed by atoms with Crippen LogP contribution in [-0.2, 0) is 26.2 Å². The van der Waals surface area contributed by atoms with Gasteiger partial charge in [-0.1, -0.05) is 42.3 Å². The molecular weight excluding hydrogens is 629 g/mol. The van der Waals surface area contributed by atoms with Crippen molar-refractivity contribution in [2.75, 3.05) is 32.2 Å². The summed E-state index contributed by atoms with van der Waals surface area (Å²) in [5.41, 5.74) is 0.686. The Balaban J connectivity index is 2.15. The molecule has 10 nitrogen and oxygen atoms in total. The zero-order chi connectivity index (χ0) is 32.6. The predicted octanol–water partition coefficient (Wildman–Crippen LogP) is 5.55. The number of anilines is 1. The van der Waals surface area contributed by atoms with Crippen molar-refractivity contribution in [3.8, 4) is 17.2 Å². The molecule has 0 unspecified atom stereocenters. The average molecular weight is 667 g/mol. The van der Waals surface area contributed by atoms with E-state index in [2.05, 4.69) is 5.32 Å². The van der Waals surface area contributed by atoms with E-state index < -0.39 is 28.5 Å². The number of sulfonamides is 1. The van der Waals surface area contributed by atoms with Crippen molar-refractivity contribution >= 4 is 50.7 Å². The number of benzene rings is 3. The molecule has 0 aromatic heterocycles. The largest absolute Gasteiger partial charge is 0.495 e. The summed E-state index contributed by atoms with van der Waals surface area (Å²) >= 11 is 12.5. The van der Waals surface area contributed by atoms with Crippen LogP contribution in [0.5, 0.6) is 17.2 Å². The molecule has 13 heteroatoms. The van der Waals surface area contributed by atoms with Crippen LogP contribution in [0.15, 0.2) is 65.6 Å². The summed E-state index contributed by atoms with van der Waals surface area (Å²) in [7, 11) is -0.255. The summed E-state index contributed by atoms with van der Waals surface area (Å²) in [5, 5.41) is 3.57. The lowest BCUT2D eigenvalue weighted by molar-refractivity contribution is -0.139. The third kappa shape index (κ3) is 8.28. The lowest BCUT2D eigenvalue weighted by atomic mass is 10.1. The van der Waals surface area contributed by atoms with Crippen molar-refractivity contribution < 1.29 is 32.2 Å². The average Bonchev–Trinajstić information content (AvgIpc) is 3.01. The van der Waals surface area contributed by atoms with Gasteiger partial charge in [-0.05, 0) is 68.3 Å². The fourth-order valence-electron chi connectivity index (χ4n) is 4.36. The van der Waals surface area contributed by atoms with Gasteiger partial charge in [0.15, 0.2) is 11.5 Å². The van der Waals surface area contributed by atoms with E-state index in [0.717, 1.165) is 4.31 Å². The van der Waals surface area contributed by atoms with Gasteiger partial charge in [-0.25, -0.2) is 8.42 Å². The summed E-state index contributed by atoms with van der Waals surface area (Å²) < 4.78 is 45.6. The summed E-state index contributed by atoms with van der Waals surface area (Å²) in [5.74, 6) is -0.374. The highest BCUT2D eigenvalue weighted by atomic mass is 35.5. The topological polar surface area (TPSA) is 114 Å². The molecule has 0 aliphatic rings. The Morgan fingerprint density at radius 1 is 0.864 bits per heavy atom.